The van der Waals surface area contributed by atoms with E-state index in [-0.39, 0.29) is 35.9 Å². The number of rotatable bonds is 4. The number of aliphatic imine (C=N–C) groups is 1. The number of likely N-dealkylation sites (N-methyl/N-ethyl adjacent to an activating group) is 1. The molecule has 0 aromatic carbocycles. The van der Waals surface area contributed by atoms with Gasteiger partial charge < -0.3 is 20.6 Å². The number of guanidine groups is 1. The maximum absolute atomic E-state index is 11.5. The molecule has 6 nitrogen and oxygen atoms in total. The second-order valence-electron chi connectivity index (χ2n) is 5.26. The van der Waals surface area contributed by atoms with Crippen molar-refractivity contribution in [3.05, 3.63) is 21.3 Å². The molecule has 2 unspecified atom stereocenters. The first kappa shape index (κ1) is 20.5. The largest absolute Gasteiger partial charge is 0.386 e. The Bertz CT molecular complexity index is 555. The number of likely N-dealkylation sites (tertiary alicyclic amines) is 1. The third-order valence-corrected chi connectivity index (χ3v) is 4.91. The van der Waals surface area contributed by atoms with Gasteiger partial charge in [-0.3, -0.25) is 9.79 Å². The number of nitrogens with zero attached hydrogens (tertiary/aromatic N) is 2. The zero-order chi connectivity index (χ0) is 16.1. The van der Waals surface area contributed by atoms with Gasteiger partial charge in [-0.15, -0.1) is 35.3 Å². The molecule has 1 saturated heterocycles. The highest BCUT2D eigenvalue weighted by molar-refractivity contribution is 14.0. The van der Waals surface area contributed by atoms with Crippen LogP contribution in [0.4, 0.5) is 0 Å². The van der Waals surface area contributed by atoms with E-state index in [0.29, 0.717) is 29.8 Å². The Balaban J connectivity index is 0.00000264. The molecule has 0 saturated carbocycles. The van der Waals surface area contributed by atoms with Gasteiger partial charge in [0.15, 0.2) is 5.96 Å². The highest BCUT2D eigenvalue weighted by Crippen LogP contribution is 2.26. The molecular weight excluding hydrogens is 451 g/mol. The molecule has 2 atom stereocenters. The number of hydrogen-bond donors (Lipinski definition) is 3. The second-order valence-corrected chi connectivity index (χ2v) is 7.01. The molecule has 0 bridgehead atoms. The third kappa shape index (κ3) is 6.09. The summed E-state index contributed by atoms with van der Waals surface area (Å²) < 4.78 is 0.659. The van der Waals surface area contributed by atoms with Gasteiger partial charge >= 0.3 is 0 Å². The molecule has 1 aliphatic heterocycles. The van der Waals surface area contributed by atoms with Crippen LogP contribution >= 0.6 is 46.9 Å². The Morgan fingerprint density at radius 1 is 1.61 bits per heavy atom. The molecule has 1 amide bonds. The summed E-state index contributed by atoms with van der Waals surface area (Å²) in [7, 11) is 3.48. The Morgan fingerprint density at radius 3 is 2.91 bits per heavy atom. The van der Waals surface area contributed by atoms with E-state index >= 15 is 0 Å². The number of carbonyl (C=O) groups is 1. The molecule has 1 aromatic heterocycles. The molecule has 2 rings (SSSR count). The Morgan fingerprint density at radius 2 is 2.35 bits per heavy atom. The maximum atomic E-state index is 11.5. The molecular formula is C14H22ClIN4O2S. The summed E-state index contributed by atoms with van der Waals surface area (Å²) >= 11 is 7.23. The molecule has 2 heterocycles. The molecule has 0 spiro atoms. The van der Waals surface area contributed by atoms with E-state index < -0.39 is 6.10 Å². The van der Waals surface area contributed by atoms with Gasteiger partial charge in [0.1, 0.15) is 6.10 Å². The zero-order valence-electron chi connectivity index (χ0n) is 13.1. The Labute approximate surface area is 162 Å². The van der Waals surface area contributed by atoms with Crippen molar-refractivity contribution >= 4 is 58.8 Å². The van der Waals surface area contributed by atoms with Crippen LogP contribution < -0.4 is 10.6 Å². The predicted molar refractivity (Wildman–Crippen MR) is 105 cm³/mol. The van der Waals surface area contributed by atoms with Crippen molar-refractivity contribution in [1.82, 2.24) is 15.5 Å². The van der Waals surface area contributed by atoms with E-state index in [9.17, 15) is 9.90 Å². The van der Waals surface area contributed by atoms with Crippen molar-refractivity contribution in [2.24, 2.45) is 4.99 Å². The minimum absolute atomic E-state index is 0. The van der Waals surface area contributed by atoms with Crippen LogP contribution in [0.5, 0.6) is 0 Å². The fraction of sp³-hybridized carbons (Fsp3) is 0.571. The maximum Gasteiger partial charge on any atom is 0.222 e. The first-order valence-electron chi connectivity index (χ1n) is 7.14. The first-order valence-corrected chi connectivity index (χ1v) is 8.33. The number of carbonyl (C=O) groups excluding carboxylic acids is 1. The summed E-state index contributed by atoms with van der Waals surface area (Å²) in [5.41, 5.74) is 0. The molecule has 3 N–H and O–H groups in total. The highest BCUT2D eigenvalue weighted by Gasteiger charge is 2.23. The smallest absolute Gasteiger partial charge is 0.222 e. The predicted octanol–water partition coefficient (Wildman–Crippen LogP) is 1.84. The lowest BCUT2D eigenvalue weighted by molar-refractivity contribution is -0.132. The molecule has 1 aliphatic rings. The van der Waals surface area contributed by atoms with Crippen LogP contribution in [-0.4, -0.2) is 55.1 Å². The Hall–Kier alpha value is -0.580. The summed E-state index contributed by atoms with van der Waals surface area (Å²) in [6.07, 6.45) is 0.695. The number of hydrogen-bond acceptors (Lipinski definition) is 4. The first-order chi connectivity index (χ1) is 10.5. The second kappa shape index (κ2) is 9.65. The molecule has 130 valence electrons. The van der Waals surface area contributed by atoms with E-state index in [1.807, 2.05) is 6.07 Å². The average Bonchev–Trinajstić information content (AvgIpc) is 2.93. The van der Waals surface area contributed by atoms with Crippen molar-refractivity contribution in [2.75, 3.05) is 27.2 Å². The summed E-state index contributed by atoms with van der Waals surface area (Å²) in [6, 6.07) is 3.76. The van der Waals surface area contributed by atoms with Gasteiger partial charge in [-0.2, -0.15) is 0 Å². The van der Waals surface area contributed by atoms with Crippen LogP contribution in [0.2, 0.25) is 4.34 Å². The van der Waals surface area contributed by atoms with Gasteiger partial charge in [0.25, 0.3) is 0 Å². The van der Waals surface area contributed by atoms with Crippen LogP contribution in [0.15, 0.2) is 17.1 Å². The SMILES string of the molecule is CN=C(NCC(O)c1ccc(Cl)s1)NC1CCC(=O)N(C)C1.I. The van der Waals surface area contributed by atoms with E-state index in [4.69, 9.17) is 11.6 Å². The average molecular weight is 473 g/mol. The summed E-state index contributed by atoms with van der Waals surface area (Å²) in [6.45, 7) is 1.00. The number of nitrogens with one attached hydrogen (secondary N) is 2. The number of halogens is 2. The van der Waals surface area contributed by atoms with Crippen molar-refractivity contribution in [3.8, 4) is 0 Å². The minimum Gasteiger partial charge on any atom is -0.386 e. The fourth-order valence-electron chi connectivity index (χ4n) is 2.32. The number of aliphatic hydroxyl groups excluding tert-OH is 1. The number of piperidine rings is 1. The van der Waals surface area contributed by atoms with Crippen molar-refractivity contribution in [1.29, 1.82) is 0 Å². The van der Waals surface area contributed by atoms with E-state index in [2.05, 4.69) is 15.6 Å². The summed E-state index contributed by atoms with van der Waals surface area (Å²) in [5.74, 6) is 0.792. The number of aliphatic hydroxyl groups is 1. The van der Waals surface area contributed by atoms with Gasteiger partial charge in [-0.05, 0) is 18.6 Å². The summed E-state index contributed by atoms with van der Waals surface area (Å²) in [4.78, 5) is 18.2. The van der Waals surface area contributed by atoms with Crippen molar-refractivity contribution < 1.29 is 9.90 Å². The number of thiophene rings is 1. The Kier molecular flexibility index (Phi) is 8.59. The molecule has 1 fully saturated rings. The topological polar surface area (TPSA) is 77.0 Å². The molecule has 1 aromatic rings. The molecule has 9 heteroatoms. The molecule has 0 aliphatic carbocycles. The molecule has 0 radical (unpaired) electrons. The van der Waals surface area contributed by atoms with E-state index in [1.54, 1.807) is 25.1 Å². The quantitative estimate of drug-likeness (QED) is 0.355. The van der Waals surface area contributed by atoms with Crippen LogP contribution in [0.3, 0.4) is 0 Å². The lowest BCUT2D eigenvalue weighted by atomic mass is 10.1. The van der Waals surface area contributed by atoms with Gasteiger partial charge in [0.05, 0.1) is 4.34 Å². The van der Waals surface area contributed by atoms with Crippen LogP contribution in [0.25, 0.3) is 0 Å². The minimum atomic E-state index is -0.633. The number of amides is 1. The zero-order valence-corrected chi connectivity index (χ0v) is 17.0. The summed E-state index contributed by atoms with van der Waals surface area (Å²) in [5, 5.41) is 16.5. The van der Waals surface area contributed by atoms with Crippen LogP contribution in [-0.2, 0) is 4.79 Å². The van der Waals surface area contributed by atoms with Crippen LogP contribution in [0.1, 0.15) is 23.8 Å². The fourth-order valence-corrected chi connectivity index (χ4v) is 3.37. The van der Waals surface area contributed by atoms with Gasteiger partial charge in [-0.25, -0.2) is 0 Å². The van der Waals surface area contributed by atoms with Crippen LogP contribution in [0, 0.1) is 0 Å². The van der Waals surface area contributed by atoms with E-state index in [0.717, 1.165) is 11.3 Å². The van der Waals surface area contributed by atoms with E-state index in [1.165, 1.54) is 11.3 Å². The van der Waals surface area contributed by atoms with Gasteiger partial charge in [0, 0.05) is 44.5 Å². The third-order valence-electron chi connectivity index (χ3n) is 3.58. The standard InChI is InChI=1S/C14H21ClN4O2S.HI/c1-16-14(18-9-3-6-13(21)19(2)8-9)17-7-10(20)11-4-5-12(15)22-11;/h4-5,9-10,20H,3,6-8H2,1-2H3,(H2,16,17,18);1H. The lowest BCUT2D eigenvalue weighted by Gasteiger charge is -2.31. The normalized spacial score (nSPS) is 20.0. The van der Waals surface area contributed by atoms with Gasteiger partial charge in [-0.1, -0.05) is 11.6 Å². The lowest BCUT2D eigenvalue weighted by Crippen LogP contribution is -2.52. The highest BCUT2D eigenvalue weighted by atomic mass is 127. The van der Waals surface area contributed by atoms with Crippen molar-refractivity contribution in [2.45, 2.75) is 25.0 Å². The van der Waals surface area contributed by atoms with Gasteiger partial charge in [0.2, 0.25) is 5.91 Å². The molecule has 23 heavy (non-hydrogen) atoms. The monoisotopic (exact) mass is 472 g/mol. The van der Waals surface area contributed by atoms with Crippen molar-refractivity contribution in [3.63, 3.8) is 0 Å².